The summed E-state index contributed by atoms with van der Waals surface area (Å²) in [6.07, 6.45) is 0.539. The fourth-order valence-corrected chi connectivity index (χ4v) is 3.19. The van der Waals surface area contributed by atoms with E-state index >= 15 is 0 Å². The van der Waals surface area contributed by atoms with E-state index in [9.17, 15) is 9.18 Å². The van der Waals surface area contributed by atoms with Crippen LogP contribution in [0.3, 0.4) is 0 Å². The molecule has 2 heterocycles. The second-order valence-electron chi connectivity index (χ2n) is 5.85. The van der Waals surface area contributed by atoms with Crippen molar-refractivity contribution in [2.45, 2.75) is 19.4 Å². The number of nitrogens with one attached hydrogen (secondary N) is 1. The van der Waals surface area contributed by atoms with Gasteiger partial charge in [-0.3, -0.25) is 0 Å². The smallest absolute Gasteiger partial charge is 0.356 e. The van der Waals surface area contributed by atoms with Gasteiger partial charge in [0.1, 0.15) is 5.82 Å². The van der Waals surface area contributed by atoms with Crippen LogP contribution in [0, 0.1) is 12.7 Å². The maximum Gasteiger partial charge on any atom is 0.356 e. The molecule has 3 aromatic rings. The predicted molar refractivity (Wildman–Crippen MR) is 101 cm³/mol. The van der Waals surface area contributed by atoms with Crippen LogP contribution in [0.25, 0.3) is 0 Å². The number of anilines is 2. The van der Waals surface area contributed by atoms with Crippen molar-refractivity contribution in [1.29, 1.82) is 0 Å². The minimum absolute atomic E-state index is 0.164. The highest BCUT2D eigenvalue weighted by Gasteiger charge is 2.14. The van der Waals surface area contributed by atoms with Crippen molar-refractivity contribution in [3.05, 3.63) is 64.2 Å². The standard InChI is InChI=1S/C18H18FN5O2S/c1-10-7-14(16(25)26-2)22-17(21-10)24-18-23-15(9-27-18)13(20)8-11-3-5-12(19)6-4-11/h3-7,9,13H,8,20H2,1-2H3,(H,21,22,23,24). The maximum atomic E-state index is 13.0. The number of hydrogen-bond donors (Lipinski definition) is 2. The first kappa shape index (κ1) is 18.9. The van der Waals surface area contributed by atoms with Crippen LogP contribution in [0.4, 0.5) is 15.5 Å². The number of esters is 1. The van der Waals surface area contributed by atoms with E-state index in [1.165, 1.54) is 30.6 Å². The molecule has 9 heteroatoms. The number of nitrogens with two attached hydrogens (primary N) is 1. The van der Waals surface area contributed by atoms with Crippen LogP contribution in [0.15, 0.2) is 35.7 Å². The van der Waals surface area contributed by atoms with Gasteiger partial charge >= 0.3 is 5.97 Å². The lowest BCUT2D eigenvalue weighted by Crippen LogP contribution is -2.14. The van der Waals surface area contributed by atoms with E-state index in [-0.39, 0.29) is 23.5 Å². The Bertz CT molecular complexity index is 945. The second kappa shape index (κ2) is 8.19. The quantitative estimate of drug-likeness (QED) is 0.626. The average Bonchev–Trinajstić information content (AvgIpc) is 3.11. The number of thiazole rings is 1. The lowest BCUT2D eigenvalue weighted by atomic mass is 10.0. The summed E-state index contributed by atoms with van der Waals surface area (Å²) in [7, 11) is 1.29. The fraction of sp³-hybridized carbons (Fsp3) is 0.222. The van der Waals surface area contributed by atoms with Gasteiger partial charge in [0, 0.05) is 11.1 Å². The van der Waals surface area contributed by atoms with Gasteiger partial charge in [0.15, 0.2) is 10.8 Å². The van der Waals surface area contributed by atoms with Gasteiger partial charge in [-0.15, -0.1) is 11.3 Å². The number of methoxy groups -OCH3 is 1. The number of carbonyl (C=O) groups excluding carboxylic acids is 1. The van der Waals surface area contributed by atoms with Gasteiger partial charge in [-0.25, -0.2) is 24.1 Å². The normalized spacial score (nSPS) is 11.9. The number of nitrogens with zero attached hydrogens (tertiary/aromatic N) is 3. The minimum Gasteiger partial charge on any atom is -0.464 e. The van der Waals surface area contributed by atoms with E-state index < -0.39 is 5.97 Å². The van der Waals surface area contributed by atoms with Crippen LogP contribution >= 0.6 is 11.3 Å². The van der Waals surface area contributed by atoms with Gasteiger partial charge in [-0.2, -0.15) is 0 Å². The molecule has 2 aromatic heterocycles. The van der Waals surface area contributed by atoms with Crippen LogP contribution in [-0.2, 0) is 11.2 Å². The van der Waals surface area contributed by atoms with Crippen molar-refractivity contribution in [2.75, 3.05) is 12.4 Å². The van der Waals surface area contributed by atoms with Gasteiger partial charge < -0.3 is 15.8 Å². The van der Waals surface area contributed by atoms with Crippen molar-refractivity contribution in [3.8, 4) is 0 Å². The predicted octanol–water partition coefficient (Wildman–Crippen LogP) is 3.15. The van der Waals surface area contributed by atoms with E-state index in [0.29, 0.717) is 22.9 Å². The molecule has 0 fully saturated rings. The van der Waals surface area contributed by atoms with Gasteiger partial charge in [-0.1, -0.05) is 12.1 Å². The van der Waals surface area contributed by atoms with E-state index in [1.54, 1.807) is 25.1 Å². The molecule has 0 saturated carbocycles. The molecule has 0 radical (unpaired) electrons. The fourth-order valence-electron chi connectivity index (χ4n) is 2.42. The monoisotopic (exact) mass is 387 g/mol. The van der Waals surface area contributed by atoms with Gasteiger partial charge in [0.25, 0.3) is 0 Å². The zero-order valence-corrected chi connectivity index (χ0v) is 15.6. The summed E-state index contributed by atoms with van der Waals surface area (Å²) in [6.45, 7) is 1.76. The Kier molecular flexibility index (Phi) is 5.72. The molecule has 7 nitrogen and oxygen atoms in total. The SMILES string of the molecule is COC(=O)c1cc(C)nc(Nc2nc(C(N)Cc3ccc(F)cc3)cs2)n1. The number of hydrogen-bond acceptors (Lipinski definition) is 8. The molecular formula is C18H18FN5O2S. The molecule has 0 aliphatic heterocycles. The molecule has 1 atom stereocenters. The van der Waals surface area contributed by atoms with E-state index in [2.05, 4.69) is 25.0 Å². The Balaban J connectivity index is 1.71. The first-order valence-electron chi connectivity index (χ1n) is 8.11. The number of rotatable bonds is 6. The van der Waals surface area contributed by atoms with Crippen LogP contribution in [-0.4, -0.2) is 28.0 Å². The topological polar surface area (TPSA) is 103 Å². The summed E-state index contributed by atoms with van der Waals surface area (Å²) < 4.78 is 17.7. The van der Waals surface area contributed by atoms with E-state index in [0.717, 1.165) is 5.56 Å². The molecule has 0 aliphatic carbocycles. The Hall–Kier alpha value is -2.91. The maximum absolute atomic E-state index is 13.0. The lowest BCUT2D eigenvalue weighted by molar-refractivity contribution is 0.0594. The third-order valence-corrected chi connectivity index (χ3v) is 4.51. The molecule has 3 rings (SSSR count). The third kappa shape index (κ3) is 4.83. The summed E-state index contributed by atoms with van der Waals surface area (Å²) in [4.78, 5) is 24.5. The largest absolute Gasteiger partial charge is 0.464 e. The number of aryl methyl sites for hydroxylation is 1. The first-order chi connectivity index (χ1) is 12.9. The van der Waals surface area contributed by atoms with Crippen LogP contribution in [0.1, 0.15) is 33.5 Å². The van der Waals surface area contributed by atoms with Gasteiger partial charge in [0.2, 0.25) is 5.95 Å². The van der Waals surface area contributed by atoms with Crippen LogP contribution in [0.2, 0.25) is 0 Å². The van der Waals surface area contributed by atoms with E-state index in [4.69, 9.17) is 5.73 Å². The van der Waals surface area contributed by atoms with Crippen molar-refractivity contribution >= 4 is 28.4 Å². The summed E-state index contributed by atoms with van der Waals surface area (Å²) in [5, 5.41) is 5.38. The third-order valence-electron chi connectivity index (χ3n) is 3.74. The molecule has 3 N–H and O–H groups in total. The average molecular weight is 387 g/mol. The molecule has 0 saturated heterocycles. The van der Waals surface area contributed by atoms with Gasteiger partial charge in [-0.05, 0) is 37.1 Å². The summed E-state index contributed by atoms with van der Waals surface area (Å²) in [5.41, 5.74) is 8.62. The molecule has 27 heavy (non-hydrogen) atoms. The number of aromatic nitrogens is 3. The van der Waals surface area contributed by atoms with Crippen molar-refractivity contribution in [1.82, 2.24) is 15.0 Å². The molecule has 0 spiro atoms. The number of ether oxygens (including phenoxy) is 1. The molecule has 0 aliphatic rings. The molecule has 0 amide bonds. The minimum atomic E-state index is -0.537. The Morgan fingerprint density at radius 3 is 2.74 bits per heavy atom. The molecular weight excluding hydrogens is 369 g/mol. The Morgan fingerprint density at radius 2 is 2.04 bits per heavy atom. The van der Waals surface area contributed by atoms with Crippen LogP contribution in [0.5, 0.6) is 0 Å². The highest BCUT2D eigenvalue weighted by molar-refractivity contribution is 7.13. The summed E-state index contributed by atoms with van der Waals surface area (Å²) in [6, 6.07) is 7.44. The second-order valence-corrected chi connectivity index (χ2v) is 6.71. The molecule has 140 valence electrons. The Labute approximate surface area is 159 Å². The molecule has 1 aromatic carbocycles. The molecule has 0 bridgehead atoms. The number of benzene rings is 1. The van der Waals surface area contributed by atoms with Gasteiger partial charge in [0.05, 0.1) is 18.8 Å². The van der Waals surface area contributed by atoms with E-state index in [1.807, 2.05) is 5.38 Å². The number of halogens is 1. The Morgan fingerprint density at radius 1 is 1.30 bits per heavy atom. The lowest BCUT2D eigenvalue weighted by Gasteiger charge is -2.09. The zero-order chi connectivity index (χ0) is 19.4. The summed E-state index contributed by atoms with van der Waals surface area (Å²) in [5.74, 6) is -0.565. The van der Waals surface area contributed by atoms with Crippen molar-refractivity contribution in [3.63, 3.8) is 0 Å². The van der Waals surface area contributed by atoms with Crippen molar-refractivity contribution < 1.29 is 13.9 Å². The van der Waals surface area contributed by atoms with Crippen LogP contribution < -0.4 is 11.1 Å². The zero-order valence-electron chi connectivity index (χ0n) is 14.8. The highest BCUT2D eigenvalue weighted by atomic mass is 32.1. The summed E-state index contributed by atoms with van der Waals surface area (Å²) >= 11 is 1.35. The number of carbonyl (C=O) groups is 1. The molecule has 1 unspecified atom stereocenters. The van der Waals surface area contributed by atoms with Crippen molar-refractivity contribution in [2.24, 2.45) is 5.73 Å². The first-order valence-corrected chi connectivity index (χ1v) is 8.99. The highest BCUT2D eigenvalue weighted by Crippen LogP contribution is 2.24.